The van der Waals surface area contributed by atoms with Crippen LogP contribution in [0.2, 0.25) is 0 Å². The lowest BCUT2D eigenvalue weighted by Crippen LogP contribution is -2.31. The number of aromatic nitrogens is 1. The Kier molecular flexibility index (Phi) is 8.39. The molecule has 0 saturated heterocycles. The van der Waals surface area contributed by atoms with E-state index in [0.717, 1.165) is 0 Å². The van der Waals surface area contributed by atoms with Crippen molar-refractivity contribution in [1.82, 2.24) is 4.98 Å². The Hall–Kier alpha value is -4.24. The molecule has 0 saturated carbocycles. The normalized spacial score (nSPS) is 11.9. The minimum atomic E-state index is -1.11. The molecule has 36 heavy (non-hydrogen) atoms. The summed E-state index contributed by atoms with van der Waals surface area (Å²) in [7, 11) is 0. The number of ether oxygens (including phenoxy) is 2. The molecule has 9 heteroatoms. The van der Waals surface area contributed by atoms with Crippen molar-refractivity contribution in [3.05, 3.63) is 78.1 Å². The van der Waals surface area contributed by atoms with Gasteiger partial charge in [-0.1, -0.05) is 18.2 Å². The quantitative estimate of drug-likeness (QED) is 0.383. The second kappa shape index (κ2) is 11.5. The van der Waals surface area contributed by atoms with Gasteiger partial charge in [0.25, 0.3) is 5.91 Å². The molecule has 188 valence electrons. The van der Waals surface area contributed by atoms with Crippen LogP contribution in [0.1, 0.15) is 42.6 Å². The molecule has 4 N–H and O–H groups in total. The first-order chi connectivity index (χ1) is 17.1. The summed E-state index contributed by atoms with van der Waals surface area (Å²) < 4.78 is 10.9. The number of hydrogen-bond acceptors (Lipinski definition) is 7. The monoisotopic (exact) mass is 491 g/mol. The van der Waals surface area contributed by atoms with E-state index in [4.69, 9.17) is 20.3 Å². The molecule has 1 atom stereocenters. The molecule has 1 heterocycles. The minimum Gasteiger partial charge on any atom is -0.482 e. The van der Waals surface area contributed by atoms with Gasteiger partial charge in [-0.3, -0.25) is 14.6 Å². The Labute approximate surface area is 209 Å². The molecule has 0 fully saturated rings. The van der Waals surface area contributed by atoms with Crippen LogP contribution in [0.3, 0.4) is 0 Å². The van der Waals surface area contributed by atoms with Gasteiger partial charge in [-0.25, -0.2) is 4.79 Å². The number of esters is 1. The number of carbonyl (C=O) groups excluding carboxylic acids is 2. The predicted molar refractivity (Wildman–Crippen MR) is 135 cm³/mol. The number of amides is 1. The van der Waals surface area contributed by atoms with Gasteiger partial charge in [0.1, 0.15) is 11.4 Å². The van der Waals surface area contributed by atoms with Gasteiger partial charge in [0.15, 0.2) is 6.61 Å². The summed E-state index contributed by atoms with van der Waals surface area (Å²) in [6.07, 6.45) is 3.14. The lowest BCUT2D eigenvalue weighted by atomic mass is 9.88. The number of aliphatic carboxylic acids is 1. The highest BCUT2D eigenvalue weighted by Gasteiger charge is 2.28. The van der Waals surface area contributed by atoms with Crippen LogP contribution in [0.15, 0.2) is 67.0 Å². The van der Waals surface area contributed by atoms with Crippen LogP contribution < -0.4 is 15.8 Å². The zero-order valence-corrected chi connectivity index (χ0v) is 20.4. The number of anilines is 1. The number of carbonyl (C=O) groups is 3. The Balaban J connectivity index is 2.06. The number of nitrogens with one attached hydrogen (secondary N) is 1. The molecule has 0 aliphatic carbocycles. The third-order valence-electron chi connectivity index (χ3n) is 5.06. The van der Waals surface area contributed by atoms with Crippen LogP contribution in [-0.4, -0.2) is 46.7 Å². The lowest BCUT2D eigenvalue weighted by molar-refractivity contribution is -0.156. The van der Waals surface area contributed by atoms with Crippen LogP contribution in [0, 0.1) is 0 Å². The Morgan fingerprint density at radius 2 is 1.78 bits per heavy atom. The fourth-order valence-corrected chi connectivity index (χ4v) is 3.51. The molecule has 1 amide bonds. The SMILES string of the molecule is CC(C)(C)OC(=O)C(CN)c1ccc(C(=O)Nc2ccncc2)cc1-c1cccc(OCC(=O)O)c1. The third kappa shape index (κ3) is 7.13. The van der Waals surface area contributed by atoms with Gasteiger partial charge < -0.3 is 25.6 Å². The minimum absolute atomic E-state index is 0.0142. The first kappa shape index (κ1) is 26.4. The summed E-state index contributed by atoms with van der Waals surface area (Å²) in [5.74, 6) is -2.41. The number of hydrogen-bond donors (Lipinski definition) is 3. The summed E-state index contributed by atoms with van der Waals surface area (Å²) in [5, 5.41) is 11.8. The Bertz CT molecular complexity index is 1240. The number of carboxylic acids is 1. The maximum absolute atomic E-state index is 13.0. The Morgan fingerprint density at radius 3 is 2.42 bits per heavy atom. The third-order valence-corrected chi connectivity index (χ3v) is 5.06. The molecule has 3 rings (SSSR count). The molecule has 0 aliphatic rings. The number of rotatable bonds is 9. The van der Waals surface area contributed by atoms with Crippen molar-refractivity contribution >= 4 is 23.5 Å². The van der Waals surface area contributed by atoms with Gasteiger partial charge in [0, 0.05) is 30.2 Å². The fourth-order valence-electron chi connectivity index (χ4n) is 3.51. The predicted octanol–water partition coefficient (Wildman–Crippen LogP) is 3.85. The molecule has 1 unspecified atom stereocenters. The average Bonchev–Trinajstić information content (AvgIpc) is 2.83. The highest BCUT2D eigenvalue weighted by molar-refractivity contribution is 6.05. The van der Waals surface area contributed by atoms with Crippen molar-refractivity contribution in [3.63, 3.8) is 0 Å². The van der Waals surface area contributed by atoms with Crippen LogP contribution in [-0.2, 0) is 14.3 Å². The summed E-state index contributed by atoms with van der Waals surface area (Å²) in [6.45, 7) is 4.80. The summed E-state index contributed by atoms with van der Waals surface area (Å²) in [5.41, 5.74) is 7.99. The standard InChI is InChI=1S/C27H29N3O6/c1-27(2,3)36-26(34)23(15-28)21-8-7-18(25(33)30-19-9-11-29-12-10-19)14-22(21)17-5-4-6-20(13-17)35-16-24(31)32/h4-14,23H,15-16,28H2,1-3H3,(H,31,32)(H,29,30,33). The number of nitrogens with two attached hydrogens (primary N) is 1. The topological polar surface area (TPSA) is 141 Å². The summed E-state index contributed by atoms with van der Waals surface area (Å²) in [6, 6.07) is 15.1. The van der Waals surface area contributed by atoms with E-state index >= 15 is 0 Å². The average molecular weight is 492 g/mol. The molecule has 0 aliphatic heterocycles. The van der Waals surface area contributed by atoms with E-state index in [-0.39, 0.29) is 12.5 Å². The van der Waals surface area contributed by atoms with Crippen molar-refractivity contribution in [1.29, 1.82) is 0 Å². The molecule has 0 bridgehead atoms. The fraction of sp³-hybridized carbons (Fsp3) is 0.259. The maximum Gasteiger partial charge on any atom is 0.341 e. The molecular formula is C27H29N3O6. The highest BCUT2D eigenvalue weighted by Crippen LogP contribution is 2.34. The van der Waals surface area contributed by atoms with Gasteiger partial charge in [-0.05, 0) is 73.9 Å². The van der Waals surface area contributed by atoms with Crippen molar-refractivity contribution < 1.29 is 29.0 Å². The zero-order valence-electron chi connectivity index (χ0n) is 20.4. The first-order valence-corrected chi connectivity index (χ1v) is 11.3. The number of carboxylic acid groups (broad SMARTS) is 1. The van der Waals surface area contributed by atoms with Crippen molar-refractivity contribution in [3.8, 4) is 16.9 Å². The van der Waals surface area contributed by atoms with Gasteiger partial charge in [0.05, 0.1) is 5.92 Å². The van der Waals surface area contributed by atoms with Crippen LogP contribution in [0.5, 0.6) is 5.75 Å². The van der Waals surface area contributed by atoms with E-state index in [9.17, 15) is 14.4 Å². The van der Waals surface area contributed by atoms with Crippen molar-refractivity contribution in [2.45, 2.75) is 32.3 Å². The molecular weight excluding hydrogens is 462 g/mol. The molecule has 0 spiro atoms. The van der Waals surface area contributed by atoms with E-state index in [2.05, 4.69) is 10.3 Å². The smallest absolute Gasteiger partial charge is 0.341 e. The Morgan fingerprint density at radius 1 is 1.06 bits per heavy atom. The first-order valence-electron chi connectivity index (χ1n) is 11.3. The molecule has 0 radical (unpaired) electrons. The van der Waals surface area contributed by atoms with Crippen molar-refractivity contribution in [2.24, 2.45) is 5.73 Å². The zero-order chi connectivity index (χ0) is 26.3. The maximum atomic E-state index is 13.0. The molecule has 2 aromatic carbocycles. The summed E-state index contributed by atoms with van der Waals surface area (Å²) >= 11 is 0. The van der Waals surface area contributed by atoms with Crippen LogP contribution in [0.25, 0.3) is 11.1 Å². The molecule has 1 aromatic heterocycles. The van der Waals surface area contributed by atoms with Crippen LogP contribution in [0.4, 0.5) is 5.69 Å². The van der Waals surface area contributed by atoms with E-state index in [1.807, 2.05) is 0 Å². The second-order valence-corrected chi connectivity index (χ2v) is 9.02. The largest absolute Gasteiger partial charge is 0.482 e. The second-order valence-electron chi connectivity index (χ2n) is 9.02. The van der Waals surface area contributed by atoms with Gasteiger partial charge in [-0.15, -0.1) is 0 Å². The number of pyridine rings is 1. The number of benzene rings is 2. The van der Waals surface area contributed by atoms with Crippen molar-refractivity contribution in [2.75, 3.05) is 18.5 Å². The molecule has 3 aromatic rings. The van der Waals surface area contributed by atoms with E-state index in [0.29, 0.717) is 33.7 Å². The van der Waals surface area contributed by atoms with E-state index in [1.54, 1.807) is 87.8 Å². The van der Waals surface area contributed by atoms with Crippen LogP contribution >= 0.6 is 0 Å². The molecule has 9 nitrogen and oxygen atoms in total. The van der Waals surface area contributed by atoms with E-state index < -0.39 is 30.1 Å². The van der Waals surface area contributed by atoms with Gasteiger partial charge in [0.2, 0.25) is 0 Å². The summed E-state index contributed by atoms with van der Waals surface area (Å²) in [4.78, 5) is 40.8. The number of nitrogens with zero attached hydrogens (tertiary/aromatic N) is 1. The van der Waals surface area contributed by atoms with Gasteiger partial charge in [-0.2, -0.15) is 0 Å². The van der Waals surface area contributed by atoms with Gasteiger partial charge >= 0.3 is 11.9 Å². The van der Waals surface area contributed by atoms with E-state index in [1.165, 1.54) is 0 Å². The lowest BCUT2D eigenvalue weighted by Gasteiger charge is -2.25. The highest BCUT2D eigenvalue weighted by atomic mass is 16.6.